The van der Waals surface area contributed by atoms with Gasteiger partial charge in [0.05, 0.1) is 0 Å². The number of halogens is 6. The summed E-state index contributed by atoms with van der Waals surface area (Å²) in [5.74, 6) is 0. The first kappa shape index (κ1) is 12.8. The highest BCUT2D eigenvalue weighted by Gasteiger charge is 2.62. The third-order valence-corrected chi connectivity index (χ3v) is 0.800. The van der Waals surface area contributed by atoms with Crippen LogP contribution in [0, 0.1) is 0 Å². The van der Waals surface area contributed by atoms with Crippen molar-refractivity contribution in [2.75, 3.05) is 0 Å². The van der Waals surface area contributed by atoms with Gasteiger partial charge in [-0.3, -0.25) is 0 Å². The van der Waals surface area contributed by atoms with Gasteiger partial charge in [0.25, 0.3) is 0 Å². The standard InChI is InChI=1S/C5H4F6O3/c1-2(6)13-3(12)14-5(10,11)4(7,8)9/h2H,1H3. The molecule has 0 saturated heterocycles. The van der Waals surface area contributed by atoms with Gasteiger partial charge in [-0.25, -0.2) is 9.18 Å². The Kier molecular flexibility index (Phi) is 3.60. The molecule has 0 N–H and O–H groups in total. The maximum Gasteiger partial charge on any atom is 0.515 e. The average molecular weight is 226 g/mol. The van der Waals surface area contributed by atoms with Crippen LogP contribution >= 0.6 is 0 Å². The molecule has 0 aliphatic rings. The fraction of sp³-hybridized carbons (Fsp3) is 0.800. The minimum atomic E-state index is -6.06. The number of carbonyl (C=O) groups excluding carboxylic acids is 1. The van der Waals surface area contributed by atoms with Crippen molar-refractivity contribution >= 4 is 6.16 Å². The number of alkyl halides is 6. The first-order valence-corrected chi connectivity index (χ1v) is 3.04. The fourth-order valence-electron chi connectivity index (χ4n) is 0.319. The van der Waals surface area contributed by atoms with Crippen LogP contribution in [0.15, 0.2) is 0 Å². The zero-order valence-electron chi connectivity index (χ0n) is 6.57. The average Bonchev–Trinajstić information content (AvgIpc) is 1.79. The Labute approximate surface area is 73.6 Å². The van der Waals surface area contributed by atoms with E-state index in [9.17, 15) is 31.1 Å². The van der Waals surface area contributed by atoms with Gasteiger partial charge in [0.2, 0.25) is 6.36 Å². The van der Waals surface area contributed by atoms with Gasteiger partial charge in [0.15, 0.2) is 0 Å². The maximum absolute atomic E-state index is 11.9. The van der Waals surface area contributed by atoms with Gasteiger partial charge < -0.3 is 9.47 Å². The molecule has 0 amide bonds. The minimum absolute atomic E-state index is 0.604. The summed E-state index contributed by atoms with van der Waals surface area (Å²) in [4.78, 5) is 10.1. The van der Waals surface area contributed by atoms with Crippen LogP contribution in [-0.2, 0) is 9.47 Å². The molecule has 0 aromatic heterocycles. The van der Waals surface area contributed by atoms with E-state index in [0.717, 1.165) is 0 Å². The zero-order chi connectivity index (χ0) is 11.6. The van der Waals surface area contributed by atoms with E-state index in [1.165, 1.54) is 0 Å². The van der Waals surface area contributed by atoms with E-state index in [2.05, 4.69) is 9.47 Å². The highest BCUT2D eigenvalue weighted by atomic mass is 19.4. The Balaban J connectivity index is 4.30. The molecule has 14 heavy (non-hydrogen) atoms. The van der Waals surface area contributed by atoms with Crippen molar-refractivity contribution in [1.82, 2.24) is 0 Å². The molecule has 3 nitrogen and oxygen atoms in total. The van der Waals surface area contributed by atoms with E-state index in [1.54, 1.807) is 0 Å². The summed E-state index contributed by atoms with van der Waals surface area (Å²) in [5, 5.41) is 0. The summed E-state index contributed by atoms with van der Waals surface area (Å²) in [6.45, 7) is 0.604. The Morgan fingerprint density at radius 3 is 1.93 bits per heavy atom. The van der Waals surface area contributed by atoms with Crippen LogP contribution in [0.25, 0.3) is 0 Å². The normalized spacial score (nSPS) is 14.8. The van der Waals surface area contributed by atoms with Crippen LogP contribution in [0.5, 0.6) is 0 Å². The number of carbonyl (C=O) groups is 1. The number of ether oxygens (including phenoxy) is 2. The zero-order valence-corrected chi connectivity index (χ0v) is 6.57. The van der Waals surface area contributed by atoms with Gasteiger partial charge >= 0.3 is 18.4 Å². The molecule has 0 radical (unpaired) electrons. The van der Waals surface area contributed by atoms with E-state index < -0.39 is 24.8 Å². The molecule has 9 heteroatoms. The summed E-state index contributed by atoms with van der Waals surface area (Å²) in [7, 11) is 0. The van der Waals surface area contributed by atoms with Crippen molar-refractivity contribution in [3.63, 3.8) is 0 Å². The molecule has 0 aliphatic heterocycles. The van der Waals surface area contributed by atoms with Crippen LogP contribution in [0.3, 0.4) is 0 Å². The van der Waals surface area contributed by atoms with Crippen LogP contribution in [-0.4, -0.2) is 24.8 Å². The third kappa shape index (κ3) is 3.71. The van der Waals surface area contributed by atoms with Crippen molar-refractivity contribution in [1.29, 1.82) is 0 Å². The molecular formula is C5H4F6O3. The summed E-state index contributed by atoms with van der Waals surface area (Å²) in [6, 6.07) is 0. The van der Waals surface area contributed by atoms with Crippen LogP contribution in [0.4, 0.5) is 31.1 Å². The molecule has 0 saturated carbocycles. The predicted molar refractivity (Wildman–Crippen MR) is 29.1 cm³/mol. The lowest BCUT2D eigenvalue weighted by molar-refractivity contribution is -0.375. The number of rotatable bonds is 2. The van der Waals surface area contributed by atoms with Crippen molar-refractivity contribution in [3.8, 4) is 0 Å². The second kappa shape index (κ2) is 3.93. The quantitative estimate of drug-likeness (QED) is 0.536. The second-order valence-corrected chi connectivity index (χ2v) is 2.03. The van der Waals surface area contributed by atoms with Gasteiger partial charge in [0, 0.05) is 6.92 Å². The Morgan fingerprint density at radius 2 is 1.64 bits per heavy atom. The molecule has 0 spiro atoms. The van der Waals surface area contributed by atoms with Gasteiger partial charge in [-0.15, -0.1) is 0 Å². The number of hydrogen-bond acceptors (Lipinski definition) is 3. The summed E-state index contributed by atoms with van der Waals surface area (Å²) >= 11 is 0. The van der Waals surface area contributed by atoms with Crippen LogP contribution < -0.4 is 0 Å². The molecule has 0 fully saturated rings. The van der Waals surface area contributed by atoms with Crippen LogP contribution in [0.2, 0.25) is 0 Å². The molecule has 0 aromatic rings. The monoisotopic (exact) mass is 226 g/mol. The fourth-order valence-corrected chi connectivity index (χ4v) is 0.319. The molecule has 0 aliphatic carbocycles. The van der Waals surface area contributed by atoms with Crippen LogP contribution in [0.1, 0.15) is 6.92 Å². The molecule has 84 valence electrons. The molecule has 0 bridgehead atoms. The highest BCUT2D eigenvalue weighted by Crippen LogP contribution is 2.36. The Bertz CT molecular complexity index is 210. The third-order valence-electron chi connectivity index (χ3n) is 0.800. The smallest absolute Gasteiger partial charge is 0.400 e. The van der Waals surface area contributed by atoms with Gasteiger partial charge in [-0.2, -0.15) is 22.0 Å². The molecule has 0 heterocycles. The highest BCUT2D eigenvalue weighted by molar-refractivity contribution is 5.60. The van der Waals surface area contributed by atoms with Crippen molar-refractivity contribution < 1.29 is 40.6 Å². The molecular weight excluding hydrogens is 222 g/mol. The Hall–Kier alpha value is -1.15. The SMILES string of the molecule is CC(F)OC(=O)OC(F)(F)C(F)(F)F. The summed E-state index contributed by atoms with van der Waals surface area (Å²) in [6.07, 6.45) is -16.5. The maximum atomic E-state index is 11.9. The second-order valence-electron chi connectivity index (χ2n) is 2.03. The lowest BCUT2D eigenvalue weighted by atomic mass is 10.6. The predicted octanol–water partition coefficient (Wildman–Crippen LogP) is 2.61. The van der Waals surface area contributed by atoms with Gasteiger partial charge in [-0.1, -0.05) is 0 Å². The minimum Gasteiger partial charge on any atom is -0.400 e. The van der Waals surface area contributed by atoms with Crippen molar-refractivity contribution in [2.45, 2.75) is 25.6 Å². The molecule has 1 unspecified atom stereocenters. The molecule has 1 atom stereocenters. The summed E-state index contributed by atoms with van der Waals surface area (Å²) < 4.78 is 75.4. The lowest BCUT2D eigenvalue weighted by Gasteiger charge is -2.18. The van der Waals surface area contributed by atoms with Crippen molar-refractivity contribution in [2.24, 2.45) is 0 Å². The van der Waals surface area contributed by atoms with Gasteiger partial charge in [0.1, 0.15) is 0 Å². The van der Waals surface area contributed by atoms with E-state index in [4.69, 9.17) is 0 Å². The lowest BCUT2D eigenvalue weighted by Crippen LogP contribution is -2.41. The topological polar surface area (TPSA) is 35.5 Å². The molecule has 0 aromatic carbocycles. The van der Waals surface area contributed by atoms with E-state index in [0.29, 0.717) is 6.92 Å². The Morgan fingerprint density at radius 1 is 1.21 bits per heavy atom. The number of hydrogen-bond donors (Lipinski definition) is 0. The van der Waals surface area contributed by atoms with E-state index in [-0.39, 0.29) is 0 Å². The summed E-state index contributed by atoms with van der Waals surface area (Å²) in [5.41, 5.74) is 0. The van der Waals surface area contributed by atoms with Crippen molar-refractivity contribution in [3.05, 3.63) is 0 Å². The first-order chi connectivity index (χ1) is 6.06. The van der Waals surface area contributed by atoms with E-state index >= 15 is 0 Å². The largest absolute Gasteiger partial charge is 0.515 e. The molecule has 0 rings (SSSR count). The first-order valence-electron chi connectivity index (χ1n) is 3.04. The van der Waals surface area contributed by atoms with Gasteiger partial charge in [-0.05, 0) is 0 Å². The van der Waals surface area contributed by atoms with E-state index in [1.807, 2.05) is 0 Å².